The van der Waals surface area contributed by atoms with Crippen LogP contribution in [-0.2, 0) is 19.4 Å². The minimum Gasteiger partial charge on any atom is -0.489 e. The van der Waals surface area contributed by atoms with Crippen molar-refractivity contribution in [2.75, 3.05) is 13.2 Å². The van der Waals surface area contributed by atoms with Crippen LogP contribution in [0.3, 0.4) is 0 Å². The van der Waals surface area contributed by atoms with E-state index < -0.39 is 5.54 Å². The molecule has 0 saturated heterocycles. The lowest BCUT2D eigenvalue weighted by Crippen LogP contribution is -2.47. The summed E-state index contributed by atoms with van der Waals surface area (Å²) in [5.41, 5.74) is 10.0. The molecular weight excluding hydrogens is 394 g/mol. The third-order valence-electron chi connectivity index (χ3n) is 5.56. The standard InChI is InChI=1S/C25H27NO3S/c26-25(16-27,17-28)11-10-18-6-7-20-13-21-8-9-22(14-24(21)30-23(20)12-18)29-15-19-4-2-1-3-5-19/h1-9,12,14,27-28H,10-11,13,15-17,26H2. The molecule has 0 aromatic heterocycles. The van der Waals surface area contributed by atoms with Crippen LogP contribution < -0.4 is 10.5 Å². The quantitative estimate of drug-likeness (QED) is 0.402. The zero-order chi connectivity index (χ0) is 21.0. The highest BCUT2D eigenvalue weighted by Gasteiger charge is 2.23. The van der Waals surface area contributed by atoms with Gasteiger partial charge in [0.05, 0.1) is 18.8 Å². The van der Waals surface area contributed by atoms with E-state index in [0.29, 0.717) is 13.0 Å². The second kappa shape index (κ2) is 9.23. The second-order valence-electron chi connectivity index (χ2n) is 7.94. The number of nitrogens with two attached hydrogens (primary N) is 1. The number of fused-ring (bicyclic) bond motifs is 2. The summed E-state index contributed by atoms with van der Waals surface area (Å²) in [4.78, 5) is 2.47. The van der Waals surface area contributed by atoms with Gasteiger partial charge < -0.3 is 20.7 Å². The average molecular weight is 422 g/mol. The van der Waals surface area contributed by atoms with Crippen LogP contribution in [0.4, 0.5) is 0 Å². The first-order chi connectivity index (χ1) is 14.6. The third kappa shape index (κ3) is 4.87. The Balaban J connectivity index is 1.45. The lowest BCUT2D eigenvalue weighted by molar-refractivity contribution is 0.115. The van der Waals surface area contributed by atoms with Gasteiger partial charge in [-0.1, -0.05) is 60.3 Å². The van der Waals surface area contributed by atoms with Crippen molar-refractivity contribution in [1.82, 2.24) is 0 Å². The number of benzene rings is 3. The van der Waals surface area contributed by atoms with Crippen LogP contribution in [0, 0.1) is 0 Å². The third-order valence-corrected chi connectivity index (χ3v) is 6.76. The topological polar surface area (TPSA) is 75.7 Å². The van der Waals surface area contributed by atoms with Gasteiger partial charge in [-0.2, -0.15) is 0 Å². The molecule has 0 radical (unpaired) electrons. The van der Waals surface area contributed by atoms with E-state index in [1.807, 2.05) is 24.3 Å². The molecule has 5 heteroatoms. The number of rotatable bonds is 8. The minimum atomic E-state index is -0.930. The van der Waals surface area contributed by atoms with Gasteiger partial charge >= 0.3 is 0 Å². The van der Waals surface area contributed by atoms with Crippen molar-refractivity contribution in [3.63, 3.8) is 0 Å². The van der Waals surface area contributed by atoms with Crippen molar-refractivity contribution in [2.24, 2.45) is 5.73 Å². The molecule has 4 N–H and O–H groups in total. The molecule has 1 heterocycles. The molecule has 0 spiro atoms. The molecule has 4 nitrogen and oxygen atoms in total. The maximum atomic E-state index is 9.41. The van der Waals surface area contributed by atoms with Crippen molar-refractivity contribution < 1.29 is 14.9 Å². The Bertz CT molecular complexity index is 1000. The first-order valence-electron chi connectivity index (χ1n) is 10.2. The van der Waals surface area contributed by atoms with E-state index >= 15 is 0 Å². The molecule has 3 aromatic carbocycles. The van der Waals surface area contributed by atoms with Crippen molar-refractivity contribution >= 4 is 11.8 Å². The number of ether oxygens (including phenoxy) is 1. The van der Waals surface area contributed by atoms with Crippen LogP contribution in [-0.4, -0.2) is 29.0 Å². The molecule has 0 saturated carbocycles. The number of hydrogen-bond donors (Lipinski definition) is 3. The molecule has 3 aromatic rings. The van der Waals surface area contributed by atoms with Gasteiger partial charge in [-0.25, -0.2) is 0 Å². The van der Waals surface area contributed by atoms with Gasteiger partial charge in [-0.15, -0.1) is 0 Å². The van der Waals surface area contributed by atoms with Gasteiger partial charge in [-0.3, -0.25) is 0 Å². The fraction of sp³-hybridized carbons (Fsp3) is 0.280. The van der Waals surface area contributed by atoms with Crippen LogP contribution in [0.5, 0.6) is 5.75 Å². The molecule has 1 aliphatic rings. The highest BCUT2D eigenvalue weighted by molar-refractivity contribution is 7.99. The minimum absolute atomic E-state index is 0.220. The van der Waals surface area contributed by atoms with Gasteiger partial charge in [0, 0.05) is 9.79 Å². The van der Waals surface area contributed by atoms with E-state index in [9.17, 15) is 10.2 Å². The van der Waals surface area contributed by atoms with Gasteiger partial charge in [0.25, 0.3) is 0 Å². The zero-order valence-electron chi connectivity index (χ0n) is 16.9. The highest BCUT2D eigenvalue weighted by Crippen LogP contribution is 2.41. The predicted octanol–water partition coefficient (Wildman–Crippen LogP) is 3.94. The summed E-state index contributed by atoms with van der Waals surface area (Å²) < 4.78 is 6.00. The van der Waals surface area contributed by atoms with E-state index in [0.717, 1.165) is 29.7 Å². The van der Waals surface area contributed by atoms with E-state index in [4.69, 9.17) is 10.5 Å². The summed E-state index contributed by atoms with van der Waals surface area (Å²) >= 11 is 1.77. The molecule has 0 atom stereocenters. The van der Waals surface area contributed by atoms with Crippen molar-refractivity contribution in [2.45, 2.75) is 41.2 Å². The SMILES string of the molecule is NC(CO)(CO)CCc1ccc2c(c1)Sc1cc(OCc3ccccc3)ccc1C2. The Labute approximate surface area is 181 Å². The highest BCUT2D eigenvalue weighted by atomic mass is 32.2. The second-order valence-corrected chi connectivity index (χ2v) is 9.03. The summed E-state index contributed by atoms with van der Waals surface area (Å²) in [6, 6.07) is 23.0. The molecule has 4 rings (SSSR count). The maximum Gasteiger partial charge on any atom is 0.120 e. The van der Waals surface area contributed by atoms with Gasteiger partial charge in [0.2, 0.25) is 0 Å². The van der Waals surface area contributed by atoms with Gasteiger partial charge in [0.15, 0.2) is 0 Å². The molecule has 156 valence electrons. The molecule has 0 amide bonds. The lowest BCUT2D eigenvalue weighted by Gasteiger charge is -2.25. The van der Waals surface area contributed by atoms with E-state index in [-0.39, 0.29) is 13.2 Å². The van der Waals surface area contributed by atoms with Crippen LogP contribution in [0.15, 0.2) is 76.5 Å². The van der Waals surface area contributed by atoms with Crippen LogP contribution in [0.2, 0.25) is 0 Å². The van der Waals surface area contributed by atoms with Crippen LogP contribution >= 0.6 is 11.8 Å². The fourth-order valence-electron chi connectivity index (χ4n) is 3.53. The Hall–Kier alpha value is -2.31. The van der Waals surface area contributed by atoms with Crippen LogP contribution in [0.1, 0.15) is 28.7 Å². The number of aryl methyl sites for hydroxylation is 1. The Morgan fingerprint density at radius 2 is 1.57 bits per heavy atom. The molecule has 30 heavy (non-hydrogen) atoms. The van der Waals surface area contributed by atoms with E-state index in [1.54, 1.807) is 11.8 Å². The number of aliphatic hydroxyl groups is 2. The molecule has 0 unspecified atom stereocenters. The molecule has 0 bridgehead atoms. The Kier molecular flexibility index (Phi) is 6.44. The first kappa shape index (κ1) is 20.9. The molecule has 1 aliphatic heterocycles. The molecule has 0 aliphatic carbocycles. The van der Waals surface area contributed by atoms with Crippen molar-refractivity contribution in [1.29, 1.82) is 0 Å². The van der Waals surface area contributed by atoms with E-state index in [2.05, 4.69) is 42.5 Å². The Morgan fingerprint density at radius 3 is 2.30 bits per heavy atom. The summed E-state index contributed by atoms with van der Waals surface area (Å²) in [6.45, 7) is 0.117. The molecule has 0 fully saturated rings. The van der Waals surface area contributed by atoms with Crippen LogP contribution in [0.25, 0.3) is 0 Å². The summed E-state index contributed by atoms with van der Waals surface area (Å²) in [7, 11) is 0. The van der Waals surface area contributed by atoms with E-state index in [1.165, 1.54) is 20.9 Å². The first-order valence-corrected chi connectivity index (χ1v) is 11.0. The lowest BCUT2D eigenvalue weighted by atomic mass is 9.93. The summed E-state index contributed by atoms with van der Waals surface area (Å²) in [6.07, 6.45) is 2.17. The average Bonchev–Trinajstić information content (AvgIpc) is 2.80. The fourth-order valence-corrected chi connectivity index (χ4v) is 4.69. The predicted molar refractivity (Wildman–Crippen MR) is 120 cm³/mol. The number of hydrogen-bond acceptors (Lipinski definition) is 5. The van der Waals surface area contributed by atoms with Crippen molar-refractivity contribution in [3.05, 3.63) is 89.0 Å². The maximum absolute atomic E-state index is 9.41. The smallest absolute Gasteiger partial charge is 0.120 e. The summed E-state index contributed by atoms with van der Waals surface area (Å²) in [5.74, 6) is 0.878. The monoisotopic (exact) mass is 421 g/mol. The number of aliphatic hydroxyl groups excluding tert-OH is 2. The van der Waals surface area contributed by atoms with Crippen molar-refractivity contribution in [3.8, 4) is 5.75 Å². The van der Waals surface area contributed by atoms with Gasteiger partial charge in [-0.05, 0) is 59.7 Å². The Morgan fingerprint density at radius 1 is 0.867 bits per heavy atom. The van der Waals surface area contributed by atoms with Gasteiger partial charge in [0.1, 0.15) is 12.4 Å². The normalized spacial score (nSPS) is 12.9. The zero-order valence-corrected chi connectivity index (χ0v) is 17.7. The summed E-state index contributed by atoms with van der Waals surface area (Å²) in [5, 5.41) is 18.8. The molecular formula is C25H27NO3S. The largest absolute Gasteiger partial charge is 0.489 e.